The molecule has 7 nitrogen and oxygen atoms in total. The molecule has 3 aromatic rings. The number of fused-ring (bicyclic) bond motifs is 2. The van der Waals surface area contributed by atoms with Crippen molar-refractivity contribution in [3.8, 4) is 0 Å². The number of aromatic amines is 1. The molecule has 3 unspecified atom stereocenters. The number of nitrogens with one attached hydrogen (secondary N) is 4. The van der Waals surface area contributed by atoms with E-state index in [1.807, 2.05) is 30.3 Å². The Bertz CT molecular complexity index is 1060. The molecule has 3 atom stereocenters. The minimum atomic E-state index is -0.174. The molecule has 1 saturated carbocycles. The number of carbonyl (C=O) groups is 2. The van der Waals surface area contributed by atoms with Gasteiger partial charge in [-0.05, 0) is 42.5 Å². The number of aromatic nitrogens is 2. The SMILES string of the molecule is O=C(Nc1ccc(C2NNC(=O)C3CCCCC32)cc1)c1c[nH]c2ccncc12. The molecule has 7 heteroatoms. The van der Waals surface area contributed by atoms with Gasteiger partial charge in [-0.2, -0.15) is 0 Å². The van der Waals surface area contributed by atoms with E-state index in [0.29, 0.717) is 11.5 Å². The molecule has 0 spiro atoms. The lowest BCUT2D eigenvalue weighted by Crippen LogP contribution is -2.55. The first-order valence-corrected chi connectivity index (χ1v) is 10.1. The van der Waals surface area contributed by atoms with Crippen LogP contribution >= 0.6 is 0 Å². The van der Waals surface area contributed by atoms with Crippen LogP contribution in [-0.2, 0) is 4.79 Å². The van der Waals surface area contributed by atoms with E-state index in [-0.39, 0.29) is 23.8 Å². The van der Waals surface area contributed by atoms with Gasteiger partial charge in [0.1, 0.15) is 0 Å². The molecule has 4 N–H and O–H groups in total. The van der Waals surface area contributed by atoms with Crippen molar-refractivity contribution in [2.24, 2.45) is 11.8 Å². The molecule has 1 aliphatic heterocycles. The zero-order chi connectivity index (χ0) is 19.8. The first-order chi connectivity index (χ1) is 14.2. The number of pyridine rings is 1. The van der Waals surface area contributed by atoms with Crippen molar-refractivity contribution < 1.29 is 9.59 Å². The van der Waals surface area contributed by atoms with Gasteiger partial charge in [-0.25, -0.2) is 5.43 Å². The molecular weight excluding hydrogens is 366 g/mol. The van der Waals surface area contributed by atoms with Crippen LogP contribution in [0.15, 0.2) is 48.9 Å². The van der Waals surface area contributed by atoms with Crippen LogP contribution in [-0.4, -0.2) is 21.8 Å². The molecule has 3 heterocycles. The maximum atomic E-state index is 12.7. The fourth-order valence-corrected chi connectivity index (χ4v) is 4.69. The molecule has 29 heavy (non-hydrogen) atoms. The summed E-state index contributed by atoms with van der Waals surface area (Å²) >= 11 is 0. The number of amides is 2. The number of hydrogen-bond acceptors (Lipinski definition) is 4. The monoisotopic (exact) mass is 389 g/mol. The van der Waals surface area contributed by atoms with Crippen LogP contribution in [0.2, 0.25) is 0 Å². The summed E-state index contributed by atoms with van der Waals surface area (Å²) in [6.45, 7) is 0. The van der Waals surface area contributed by atoms with Crippen LogP contribution in [0.3, 0.4) is 0 Å². The van der Waals surface area contributed by atoms with E-state index < -0.39 is 0 Å². The van der Waals surface area contributed by atoms with E-state index in [1.165, 1.54) is 6.42 Å². The summed E-state index contributed by atoms with van der Waals surface area (Å²) in [5.74, 6) is 0.344. The third-order valence-electron chi connectivity index (χ3n) is 6.19. The highest BCUT2D eigenvalue weighted by Gasteiger charge is 2.40. The van der Waals surface area contributed by atoms with Gasteiger partial charge in [-0.1, -0.05) is 25.0 Å². The Hall–Kier alpha value is -3.19. The number of hydrazine groups is 1. The third kappa shape index (κ3) is 3.27. The normalized spacial score (nSPS) is 24.0. The van der Waals surface area contributed by atoms with Crippen LogP contribution in [0, 0.1) is 11.8 Å². The Balaban J connectivity index is 1.32. The summed E-state index contributed by atoms with van der Waals surface area (Å²) in [5, 5.41) is 3.75. The van der Waals surface area contributed by atoms with E-state index in [1.54, 1.807) is 18.6 Å². The van der Waals surface area contributed by atoms with Crippen molar-refractivity contribution in [3.05, 3.63) is 60.0 Å². The van der Waals surface area contributed by atoms with Crippen molar-refractivity contribution in [2.75, 3.05) is 5.32 Å². The van der Waals surface area contributed by atoms with Crippen molar-refractivity contribution >= 4 is 28.4 Å². The van der Waals surface area contributed by atoms with Crippen molar-refractivity contribution in [3.63, 3.8) is 0 Å². The predicted octanol–water partition coefficient (Wildman–Crippen LogP) is 3.30. The maximum Gasteiger partial charge on any atom is 0.257 e. The molecule has 5 rings (SSSR count). The average Bonchev–Trinajstić information content (AvgIpc) is 3.19. The van der Waals surface area contributed by atoms with Gasteiger partial charge in [0.05, 0.1) is 11.6 Å². The molecule has 0 bridgehead atoms. The highest BCUT2D eigenvalue weighted by molar-refractivity contribution is 6.12. The van der Waals surface area contributed by atoms with Gasteiger partial charge in [0, 0.05) is 41.1 Å². The molecule has 1 aliphatic carbocycles. The Morgan fingerprint density at radius 2 is 1.93 bits per heavy atom. The lowest BCUT2D eigenvalue weighted by molar-refractivity contribution is -0.133. The first-order valence-electron chi connectivity index (χ1n) is 10.1. The van der Waals surface area contributed by atoms with Crippen LogP contribution in [0.25, 0.3) is 10.9 Å². The second kappa shape index (κ2) is 7.33. The second-order valence-electron chi connectivity index (χ2n) is 7.87. The van der Waals surface area contributed by atoms with Crippen LogP contribution in [0.1, 0.15) is 47.6 Å². The molecular formula is C22H23N5O2. The highest BCUT2D eigenvalue weighted by atomic mass is 16.2. The second-order valence-corrected chi connectivity index (χ2v) is 7.87. The quantitative estimate of drug-likeness (QED) is 0.552. The Morgan fingerprint density at radius 1 is 1.10 bits per heavy atom. The molecule has 1 saturated heterocycles. The molecule has 2 aromatic heterocycles. The van der Waals surface area contributed by atoms with Crippen molar-refractivity contribution in [1.29, 1.82) is 0 Å². The largest absolute Gasteiger partial charge is 0.360 e. The fraction of sp³-hybridized carbons (Fsp3) is 0.318. The number of anilines is 1. The van der Waals surface area contributed by atoms with E-state index in [0.717, 1.165) is 41.4 Å². The van der Waals surface area contributed by atoms with Gasteiger partial charge in [0.15, 0.2) is 0 Å². The van der Waals surface area contributed by atoms with Gasteiger partial charge in [0.2, 0.25) is 5.91 Å². The first kappa shape index (κ1) is 17.9. The minimum absolute atomic E-state index is 0.0878. The number of rotatable bonds is 3. The summed E-state index contributed by atoms with van der Waals surface area (Å²) < 4.78 is 0. The molecule has 2 amide bonds. The van der Waals surface area contributed by atoms with E-state index in [2.05, 4.69) is 26.1 Å². The molecule has 148 valence electrons. The van der Waals surface area contributed by atoms with Crippen molar-refractivity contribution in [2.45, 2.75) is 31.7 Å². The van der Waals surface area contributed by atoms with E-state index in [9.17, 15) is 9.59 Å². The predicted molar refractivity (Wildman–Crippen MR) is 110 cm³/mol. The number of carbonyl (C=O) groups excluding carboxylic acids is 2. The number of benzene rings is 1. The number of nitrogens with zero attached hydrogens (tertiary/aromatic N) is 1. The highest BCUT2D eigenvalue weighted by Crippen LogP contribution is 2.40. The van der Waals surface area contributed by atoms with Gasteiger partial charge in [-0.15, -0.1) is 0 Å². The lowest BCUT2D eigenvalue weighted by Gasteiger charge is -2.41. The fourth-order valence-electron chi connectivity index (χ4n) is 4.69. The summed E-state index contributed by atoms with van der Waals surface area (Å²) in [6.07, 6.45) is 9.39. The van der Waals surface area contributed by atoms with E-state index >= 15 is 0 Å². The Kier molecular flexibility index (Phi) is 4.52. The summed E-state index contributed by atoms with van der Waals surface area (Å²) in [5.41, 5.74) is 9.34. The minimum Gasteiger partial charge on any atom is -0.360 e. The Labute approximate surface area is 168 Å². The maximum absolute atomic E-state index is 12.7. The van der Waals surface area contributed by atoms with Crippen LogP contribution in [0.5, 0.6) is 0 Å². The summed E-state index contributed by atoms with van der Waals surface area (Å²) in [6, 6.07) is 9.81. The smallest absolute Gasteiger partial charge is 0.257 e. The molecule has 1 aromatic carbocycles. The Morgan fingerprint density at radius 3 is 2.79 bits per heavy atom. The standard InChI is InChI=1S/C22H23N5O2/c28-21(18-12-24-19-9-10-23-11-17(18)19)25-14-7-5-13(6-8-14)20-15-3-1-2-4-16(15)22(29)27-26-20/h5-12,15-16,20,24,26H,1-4H2,(H,25,28)(H,27,29). The van der Waals surface area contributed by atoms with Crippen LogP contribution < -0.4 is 16.2 Å². The van der Waals surface area contributed by atoms with Crippen LogP contribution in [0.4, 0.5) is 5.69 Å². The molecule has 2 aliphatic rings. The molecule has 2 fully saturated rings. The van der Waals surface area contributed by atoms with Gasteiger partial charge >= 0.3 is 0 Å². The van der Waals surface area contributed by atoms with E-state index in [4.69, 9.17) is 0 Å². The molecule has 0 radical (unpaired) electrons. The average molecular weight is 389 g/mol. The summed E-state index contributed by atoms with van der Waals surface area (Å²) in [7, 11) is 0. The number of H-pyrrole nitrogens is 1. The third-order valence-corrected chi connectivity index (χ3v) is 6.19. The van der Waals surface area contributed by atoms with Gasteiger partial charge < -0.3 is 10.3 Å². The summed E-state index contributed by atoms with van der Waals surface area (Å²) in [4.78, 5) is 32.0. The topological polar surface area (TPSA) is 98.9 Å². The van der Waals surface area contributed by atoms with Gasteiger partial charge in [-0.3, -0.25) is 20.0 Å². The zero-order valence-electron chi connectivity index (χ0n) is 15.9. The lowest BCUT2D eigenvalue weighted by atomic mass is 9.72. The number of hydrogen-bond donors (Lipinski definition) is 4. The van der Waals surface area contributed by atoms with Crippen molar-refractivity contribution in [1.82, 2.24) is 20.8 Å². The van der Waals surface area contributed by atoms with Gasteiger partial charge in [0.25, 0.3) is 5.91 Å². The zero-order valence-corrected chi connectivity index (χ0v) is 15.9.